The molecular weight excluding hydrogens is 472 g/mol. The molecule has 2 aliphatic rings. The molecule has 34 heavy (non-hydrogen) atoms. The molecule has 0 radical (unpaired) electrons. The van der Waals surface area contributed by atoms with E-state index in [1.807, 2.05) is 25.1 Å². The third-order valence-corrected chi connectivity index (χ3v) is 7.41. The highest BCUT2D eigenvalue weighted by Crippen LogP contribution is 2.29. The van der Waals surface area contributed by atoms with Crippen LogP contribution in [0.4, 0.5) is 5.69 Å². The first kappa shape index (κ1) is 24.3. The van der Waals surface area contributed by atoms with Gasteiger partial charge >= 0.3 is 0 Å². The minimum atomic E-state index is -0.514. The Kier molecular flexibility index (Phi) is 7.90. The van der Waals surface area contributed by atoms with Gasteiger partial charge in [-0.1, -0.05) is 47.6 Å². The monoisotopic (exact) mass is 498 g/mol. The Labute approximate surface area is 208 Å². The van der Waals surface area contributed by atoms with Crippen molar-refractivity contribution in [2.45, 2.75) is 43.9 Å². The van der Waals surface area contributed by atoms with Gasteiger partial charge in [-0.2, -0.15) is 4.99 Å². The molecule has 0 bridgehead atoms. The summed E-state index contributed by atoms with van der Waals surface area (Å²) in [6, 6.07) is 13.8. The number of thioether (sulfide) groups is 1. The number of piperidine rings is 1. The van der Waals surface area contributed by atoms with Crippen molar-refractivity contribution in [1.82, 2.24) is 10.2 Å². The number of amides is 3. The van der Waals surface area contributed by atoms with E-state index in [1.54, 1.807) is 30.3 Å². The van der Waals surface area contributed by atoms with Crippen molar-refractivity contribution in [2.75, 3.05) is 18.4 Å². The van der Waals surface area contributed by atoms with E-state index in [9.17, 15) is 14.4 Å². The zero-order valence-electron chi connectivity index (χ0n) is 18.9. The van der Waals surface area contributed by atoms with Crippen molar-refractivity contribution >= 4 is 51.9 Å². The van der Waals surface area contributed by atoms with Gasteiger partial charge in [-0.05, 0) is 56.0 Å². The Morgan fingerprint density at radius 1 is 1.15 bits per heavy atom. The first-order valence-electron chi connectivity index (χ1n) is 11.4. The number of nitrogens with one attached hydrogen (secondary N) is 2. The molecule has 2 N–H and O–H groups in total. The smallest absolute Gasteiger partial charge is 0.262 e. The van der Waals surface area contributed by atoms with E-state index in [0.717, 1.165) is 36.7 Å². The SMILES string of the molecule is CC(NC(=O)c1cccc(NC(=O)CC2SC(N3CCCCC3)=NC2=O)c1)c1ccccc1Cl. The zero-order valence-corrected chi connectivity index (χ0v) is 20.5. The first-order valence-corrected chi connectivity index (χ1v) is 12.7. The number of hydrogen-bond acceptors (Lipinski definition) is 5. The van der Waals surface area contributed by atoms with Crippen molar-refractivity contribution in [2.24, 2.45) is 4.99 Å². The zero-order chi connectivity index (χ0) is 24.1. The fourth-order valence-electron chi connectivity index (χ4n) is 4.03. The maximum Gasteiger partial charge on any atom is 0.262 e. The molecule has 1 saturated heterocycles. The fourth-order valence-corrected chi connectivity index (χ4v) is 5.45. The summed E-state index contributed by atoms with van der Waals surface area (Å²) >= 11 is 7.60. The van der Waals surface area contributed by atoms with Crippen LogP contribution in [0, 0.1) is 0 Å². The summed E-state index contributed by atoms with van der Waals surface area (Å²) in [7, 11) is 0. The molecule has 1 fully saturated rings. The topological polar surface area (TPSA) is 90.9 Å². The van der Waals surface area contributed by atoms with Gasteiger partial charge in [0, 0.05) is 35.8 Å². The molecule has 0 saturated carbocycles. The molecule has 178 valence electrons. The van der Waals surface area contributed by atoms with Gasteiger partial charge in [0.1, 0.15) is 5.25 Å². The fraction of sp³-hybridized carbons (Fsp3) is 0.360. The lowest BCUT2D eigenvalue weighted by molar-refractivity contribution is -0.121. The van der Waals surface area contributed by atoms with Crippen LogP contribution in [0.15, 0.2) is 53.5 Å². The van der Waals surface area contributed by atoms with Crippen LogP contribution in [0.5, 0.6) is 0 Å². The predicted octanol–water partition coefficient (Wildman–Crippen LogP) is 4.64. The summed E-state index contributed by atoms with van der Waals surface area (Å²) in [6.45, 7) is 3.67. The molecule has 2 aromatic carbocycles. The van der Waals surface area contributed by atoms with Crippen LogP contribution in [0.3, 0.4) is 0 Å². The number of carbonyl (C=O) groups excluding carboxylic acids is 3. The predicted molar refractivity (Wildman–Crippen MR) is 136 cm³/mol. The van der Waals surface area contributed by atoms with Crippen LogP contribution in [0.2, 0.25) is 5.02 Å². The molecule has 2 aliphatic heterocycles. The summed E-state index contributed by atoms with van der Waals surface area (Å²) in [5, 5.41) is 6.54. The highest BCUT2D eigenvalue weighted by Gasteiger charge is 2.33. The number of benzene rings is 2. The number of amidine groups is 1. The molecule has 0 aromatic heterocycles. The normalized spacial score (nSPS) is 18.9. The van der Waals surface area contributed by atoms with Gasteiger partial charge in [0.25, 0.3) is 11.8 Å². The second-order valence-electron chi connectivity index (χ2n) is 8.44. The standard InChI is InChI=1S/C25H27ClN4O3S/c1-16(19-10-3-4-11-20(19)26)27-23(32)17-8-7-9-18(14-17)28-22(31)15-21-24(33)29-25(34-21)30-12-5-2-6-13-30/h3-4,7-11,14,16,21H,2,5-6,12-13,15H2,1H3,(H,27,32)(H,28,31). The van der Waals surface area contributed by atoms with Crippen molar-refractivity contribution < 1.29 is 14.4 Å². The maximum absolute atomic E-state index is 12.8. The van der Waals surface area contributed by atoms with Gasteiger partial charge in [0.15, 0.2) is 5.17 Å². The lowest BCUT2D eigenvalue weighted by Crippen LogP contribution is -2.33. The van der Waals surface area contributed by atoms with Crippen molar-refractivity contribution in [1.29, 1.82) is 0 Å². The number of anilines is 1. The minimum Gasteiger partial charge on any atom is -0.351 e. The van der Waals surface area contributed by atoms with Crippen LogP contribution in [-0.4, -0.2) is 46.1 Å². The Morgan fingerprint density at radius 2 is 1.91 bits per heavy atom. The summed E-state index contributed by atoms with van der Waals surface area (Å²) in [6.07, 6.45) is 3.43. The number of carbonyl (C=O) groups is 3. The molecule has 2 unspecified atom stereocenters. The molecule has 4 rings (SSSR count). The van der Waals surface area contributed by atoms with Gasteiger partial charge in [0.2, 0.25) is 5.91 Å². The third kappa shape index (κ3) is 5.98. The second kappa shape index (κ2) is 11.1. The van der Waals surface area contributed by atoms with Crippen LogP contribution in [0.1, 0.15) is 54.6 Å². The lowest BCUT2D eigenvalue weighted by Gasteiger charge is -2.27. The van der Waals surface area contributed by atoms with Crippen LogP contribution < -0.4 is 10.6 Å². The summed E-state index contributed by atoms with van der Waals surface area (Å²) in [5.74, 6) is -0.824. The second-order valence-corrected chi connectivity index (χ2v) is 10.0. The van der Waals surface area contributed by atoms with Crippen molar-refractivity contribution in [3.63, 3.8) is 0 Å². The van der Waals surface area contributed by atoms with Gasteiger partial charge in [-0.25, -0.2) is 0 Å². The van der Waals surface area contributed by atoms with E-state index in [-0.39, 0.29) is 30.2 Å². The molecular formula is C25H27ClN4O3S. The van der Waals surface area contributed by atoms with Crippen molar-refractivity contribution in [3.05, 3.63) is 64.7 Å². The molecule has 2 aromatic rings. The molecule has 2 heterocycles. The molecule has 0 aliphatic carbocycles. The maximum atomic E-state index is 12.8. The van der Waals surface area contributed by atoms with Gasteiger partial charge < -0.3 is 15.5 Å². The van der Waals surface area contributed by atoms with E-state index in [4.69, 9.17) is 11.6 Å². The highest BCUT2D eigenvalue weighted by molar-refractivity contribution is 8.15. The van der Waals surface area contributed by atoms with Crippen LogP contribution >= 0.6 is 23.4 Å². The van der Waals surface area contributed by atoms with E-state index >= 15 is 0 Å². The molecule has 9 heteroatoms. The summed E-state index contributed by atoms with van der Waals surface area (Å²) < 4.78 is 0. The average molecular weight is 499 g/mol. The largest absolute Gasteiger partial charge is 0.351 e. The number of likely N-dealkylation sites (tertiary alicyclic amines) is 1. The highest BCUT2D eigenvalue weighted by atomic mass is 35.5. The third-order valence-electron chi connectivity index (χ3n) is 5.85. The quantitative estimate of drug-likeness (QED) is 0.605. The molecule has 7 nitrogen and oxygen atoms in total. The Morgan fingerprint density at radius 3 is 2.68 bits per heavy atom. The summed E-state index contributed by atoms with van der Waals surface area (Å²) in [4.78, 5) is 44.0. The van der Waals surface area contributed by atoms with Gasteiger partial charge in [-0.15, -0.1) is 0 Å². The van der Waals surface area contributed by atoms with Gasteiger partial charge in [0.05, 0.1) is 6.04 Å². The van der Waals surface area contributed by atoms with E-state index < -0.39 is 5.25 Å². The van der Waals surface area contributed by atoms with Crippen molar-refractivity contribution in [3.8, 4) is 0 Å². The van der Waals surface area contributed by atoms with Crippen LogP contribution in [0.25, 0.3) is 0 Å². The number of halogens is 1. The molecule has 0 spiro atoms. The minimum absolute atomic E-state index is 0.0320. The van der Waals surface area contributed by atoms with Crippen LogP contribution in [-0.2, 0) is 9.59 Å². The number of aliphatic imine (C=N–C) groups is 1. The van der Waals surface area contributed by atoms with E-state index in [1.165, 1.54) is 18.2 Å². The Bertz CT molecular complexity index is 1120. The molecule has 2 atom stereocenters. The first-order chi connectivity index (χ1) is 16.4. The Balaban J connectivity index is 1.32. The number of nitrogens with zero attached hydrogens (tertiary/aromatic N) is 2. The van der Waals surface area contributed by atoms with E-state index in [0.29, 0.717) is 16.3 Å². The lowest BCUT2D eigenvalue weighted by atomic mass is 10.1. The van der Waals surface area contributed by atoms with Gasteiger partial charge in [-0.3, -0.25) is 14.4 Å². The number of hydrogen-bond donors (Lipinski definition) is 2. The Hall–Kier alpha value is -2.84. The molecule has 3 amide bonds. The number of rotatable bonds is 6. The summed E-state index contributed by atoms with van der Waals surface area (Å²) in [5.41, 5.74) is 1.74. The van der Waals surface area contributed by atoms with E-state index in [2.05, 4.69) is 20.5 Å². The average Bonchev–Trinajstić information content (AvgIpc) is 3.20.